The Hall–Kier alpha value is -1.73. The van der Waals surface area contributed by atoms with E-state index in [1.807, 2.05) is 6.92 Å². The Kier molecular flexibility index (Phi) is 6.03. The molecule has 4 rings (SSSR count). The van der Waals surface area contributed by atoms with Crippen molar-refractivity contribution in [3.63, 3.8) is 0 Å². The number of carbonyl (C=O) groups is 2. The van der Waals surface area contributed by atoms with Gasteiger partial charge in [-0.15, -0.1) is 17.9 Å². The normalized spacial score (nSPS) is 33.1. The minimum absolute atomic E-state index is 0.0254. The third-order valence-electron chi connectivity index (χ3n) is 7.91. The fraction of sp³-hybridized carbons (Fsp3) is 0.708. The molecule has 2 amide bonds. The summed E-state index contributed by atoms with van der Waals surface area (Å²) in [5, 5.41) is 15.2. The molecule has 1 aromatic heterocycles. The Morgan fingerprint density at radius 1 is 1.42 bits per heavy atom. The number of hydrogen-bond donors (Lipinski definition) is 2. The number of rotatable bonds is 6. The van der Waals surface area contributed by atoms with Gasteiger partial charge in [0.15, 0.2) is 5.13 Å². The highest BCUT2D eigenvalue weighted by molar-refractivity contribution is 7.15. The standard InChI is InChI=1S/C24H35N3O3S/c1-6-11-27(5)22(30)13(2)16-9-10-24(4)12-17-19(14(3)18(24)20(16)28)25-23(31-17)26-21(29)15-7-8-15/h6,13-16,18,20,28H,1,7-12H2,2-5H3,(H,25,26,29)/t13-,14+,16-,18+,20-,24+/m0/s1. The van der Waals surface area contributed by atoms with E-state index in [0.29, 0.717) is 11.7 Å². The first-order valence-corrected chi connectivity index (χ1v) is 12.3. The van der Waals surface area contributed by atoms with Gasteiger partial charge >= 0.3 is 0 Å². The molecule has 0 radical (unpaired) electrons. The zero-order valence-corrected chi connectivity index (χ0v) is 19.9. The monoisotopic (exact) mass is 445 g/mol. The van der Waals surface area contributed by atoms with Crippen LogP contribution in [0.5, 0.6) is 0 Å². The first-order chi connectivity index (χ1) is 14.7. The van der Waals surface area contributed by atoms with Crippen LogP contribution in [0.2, 0.25) is 0 Å². The van der Waals surface area contributed by atoms with Gasteiger partial charge in [-0.1, -0.05) is 26.8 Å². The van der Waals surface area contributed by atoms with E-state index in [-0.39, 0.29) is 46.8 Å². The van der Waals surface area contributed by atoms with Crippen LogP contribution in [0, 0.1) is 29.1 Å². The second-order valence-electron chi connectivity index (χ2n) is 10.2. The highest BCUT2D eigenvalue weighted by Gasteiger charge is 2.54. The number of aromatic nitrogens is 1. The number of thiazole rings is 1. The van der Waals surface area contributed by atoms with Gasteiger partial charge in [-0.25, -0.2) is 4.98 Å². The maximum atomic E-state index is 12.9. The van der Waals surface area contributed by atoms with Crippen molar-refractivity contribution in [2.24, 2.45) is 29.1 Å². The molecule has 1 aromatic rings. The number of hydrogen-bond acceptors (Lipinski definition) is 5. The van der Waals surface area contributed by atoms with Crippen molar-refractivity contribution >= 4 is 28.3 Å². The van der Waals surface area contributed by atoms with Crippen LogP contribution in [-0.2, 0) is 16.0 Å². The lowest BCUT2D eigenvalue weighted by atomic mass is 9.53. The lowest BCUT2D eigenvalue weighted by Crippen LogP contribution is -2.53. The SMILES string of the molecule is C=CCN(C)C(=O)[C@@H](C)[C@@H]1CC[C@]2(C)Cc3sc(NC(=O)C4CC4)nc3[C@H](C)[C@@H]2[C@H]1O. The zero-order valence-electron chi connectivity index (χ0n) is 19.1. The smallest absolute Gasteiger partial charge is 0.229 e. The van der Waals surface area contributed by atoms with E-state index in [9.17, 15) is 14.7 Å². The van der Waals surface area contributed by atoms with Crippen LogP contribution in [0.4, 0.5) is 5.13 Å². The van der Waals surface area contributed by atoms with Crippen molar-refractivity contribution in [3.8, 4) is 0 Å². The fourth-order valence-corrected chi connectivity index (χ4v) is 7.23. The largest absolute Gasteiger partial charge is 0.392 e. The Morgan fingerprint density at radius 2 is 2.13 bits per heavy atom. The lowest BCUT2D eigenvalue weighted by molar-refractivity contribution is -0.143. The number of fused-ring (bicyclic) bond motifs is 2. The molecule has 7 heteroatoms. The highest BCUT2D eigenvalue weighted by atomic mass is 32.1. The van der Waals surface area contributed by atoms with Crippen molar-refractivity contribution in [1.82, 2.24) is 9.88 Å². The topological polar surface area (TPSA) is 82.5 Å². The second-order valence-corrected chi connectivity index (χ2v) is 11.3. The van der Waals surface area contributed by atoms with Crippen LogP contribution in [0.1, 0.15) is 62.9 Å². The number of anilines is 1. The molecule has 0 saturated heterocycles. The molecule has 3 aliphatic rings. The van der Waals surface area contributed by atoms with Crippen molar-refractivity contribution < 1.29 is 14.7 Å². The molecule has 2 N–H and O–H groups in total. The van der Waals surface area contributed by atoms with E-state index in [4.69, 9.17) is 4.98 Å². The number of nitrogens with one attached hydrogen (secondary N) is 1. The summed E-state index contributed by atoms with van der Waals surface area (Å²) in [5.74, 6) is 0.139. The molecule has 2 fully saturated rings. The van der Waals surface area contributed by atoms with E-state index in [1.165, 1.54) is 4.88 Å². The first kappa shape index (κ1) is 22.5. The number of aliphatic hydroxyl groups excluding tert-OH is 1. The maximum absolute atomic E-state index is 12.9. The number of carbonyl (C=O) groups excluding carboxylic acids is 2. The Bertz CT molecular complexity index is 879. The van der Waals surface area contributed by atoms with Gasteiger partial charge in [-0.2, -0.15) is 0 Å². The van der Waals surface area contributed by atoms with Gasteiger partial charge in [-0.3, -0.25) is 9.59 Å². The summed E-state index contributed by atoms with van der Waals surface area (Å²) in [7, 11) is 1.79. The summed E-state index contributed by atoms with van der Waals surface area (Å²) in [6.07, 6.45) is 5.81. The number of nitrogens with zero attached hydrogens (tertiary/aromatic N) is 2. The average Bonchev–Trinajstić information content (AvgIpc) is 3.49. The molecule has 6 nitrogen and oxygen atoms in total. The van der Waals surface area contributed by atoms with Gasteiger partial charge < -0.3 is 15.3 Å². The first-order valence-electron chi connectivity index (χ1n) is 11.5. The molecule has 6 atom stereocenters. The Balaban J connectivity index is 1.54. The van der Waals surface area contributed by atoms with E-state index >= 15 is 0 Å². The van der Waals surface area contributed by atoms with Crippen molar-refractivity contribution in [2.75, 3.05) is 18.9 Å². The summed E-state index contributed by atoms with van der Waals surface area (Å²) in [6, 6.07) is 0. The predicted octanol–water partition coefficient (Wildman–Crippen LogP) is 3.83. The van der Waals surface area contributed by atoms with E-state index in [1.54, 1.807) is 29.4 Å². The van der Waals surface area contributed by atoms with Crippen LogP contribution in [0.25, 0.3) is 0 Å². The fourth-order valence-electron chi connectivity index (χ4n) is 5.97. The average molecular weight is 446 g/mol. The minimum Gasteiger partial charge on any atom is -0.392 e. The second kappa shape index (κ2) is 8.32. The zero-order chi connectivity index (χ0) is 22.5. The molecule has 0 bridgehead atoms. The highest BCUT2D eigenvalue weighted by Crippen LogP contribution is 2.57. The molecular formula is C24H35N3O3S. The maximum Gasteiger partial charge on any atom is 0.229 e. The summed E-state index contributed by atoms with van der Waals surface area (Å²) < 4.78 is 0. The molecule has 0 aromatic carbocycles. The van der Waals surface area contributed by atoms with Gasteiger partial charge in [0.25, 0.3) is 0 Å². The number of amides is 2. The quantitative estimate of drug-likeness (QED) is 0.652. The summed E-state index contributed by atoms with van der Waals surface area (Å²) in [5.41, 5.74) is 0.989. The third-order valence-corrected chi connectivity index (χ3v) is 8.90. The van der Waals surface area contributed by atoms with E-state index in [2.05, 4.69) is 25.7 Å². The van der Waals surface area contributed by atoms with Gasteiger partial charge in [0.2, 0.25) is 11.8 Å². The third kappa shape index (κ3) is 4.07. The van der Waals surface area contributed by atoms with Crippen molar-refractivity contribution in [3.05, 3.63) is 23.2 Å². The van der Waals surface area contributed by atoms with Gasteiger partial charge in [0, 0.05) is 36.2 Å². The Morgan fingerprint density at radius 3 is 2.77 bits per heavy atom. The van der Waals surface area contributed by atoms with E-state index < -0.39 is 6.10 Å². The van der Waals surface area contributed by atoms with Crippen LogP contribution in [-0.4, -0.2) is 46.5 Å². The summed E-state index contributed by atoms with van der Waals surface area (Å²) >= 11 is 1.59. The molecular weight excluding hydrogens is 410 g/mol. The van der Waals surface area contributed by atoms with Gasteiger partial charge in [-0.05, 0) is 49.4 Å². The van der Waals surface area contributed by atoms with Crippen LogP contribution < -0.4 is 5.32 Å². The van der Waals surface area contributed by atoms with Crippen LogP contribution in [0.3, 0.4) is 0 Å². The minimum atomic E-state index is -0.552. The molecule has 2 saturated carbocycles. The van der Waals surface area contributed by atoms with Crippen LogP contribution in [0.15, 0.2) is 12.7 Å². The number of aliphatic hydroxyl groups is 1. The van der Waals surface area contributed by atoms with Gasteiger partial charge in [0.1, 0.15) is 0 Å². The van der Waals surface area contributed by atoms with E-state index in [0.717, 1.165) is 37.8 Å². The molecule has 1 heterocycles. The predicted molar refractivity (Wildman–Crippen MR) is 123 cm³/mol. The van der Waals surface area contributed by atoms with Gasteiger partial charge in [0.05, 0.1) is 11.8 Å². The summed E-state index contributed by atoms with van der Waals surface area (Å²) in [6.45, 7) is 10.6. The molecule has 0 aliphatic heterocycles. The molecule has 0 unspecified atom stereocenters. The molecule has 170 valence electrons. The Labute approximate surface area is 189 Å². The number of likely N-dealkylation sites (N-methyl/N-ethyl adjacent to an activating group) is 1. The van der Waals surface area contributed by atoms with Crippen molar-refractivity contribution in [1.29, 1.82) is 0 Å². The summed E-state index contributed by atoms with van der Waals surface area (Å²) in [4.78, 5) is 32.8. The molecule has 0 spiro atoms. The molecule has 31 heavy (non-hydrogen) atoms. The lowest BCUT2D eigenvalue weighted by Gasteiger charge is -2.53. The molecule has 3 aliphatic carbocycles. The van der Waals surface area contributed by atoms with Crippen LogP contribution >= 0.6 is 11.3 Å². The van der Waals surface area contributed by atoms with Crippen molar-refractivity contribution in [2.45, 2.75) is 64.9 Å².